The Kier molecular flexibility index (Phi) is 6.68. The maximum atomic E-state index is 12.4. The largest absolute Gasteiger partial charge is 0.493 e. The van der Waals surface area contributed by atoms with Gasteiger partial charge in [0, 0.05) is 0 Å². The number of rotatable bonds is 8. The first-order chi connectivity index (χ1) is 12.6. The van der Waals surface area contributed by atoms with Crippen molar-refractivity contribution in [3.8, 4) is 23.0 Å². The van der Waals surface area contributed by atoms with E-state index in [1.54, 1.807) is 46.6 Å². The molecule has 7 heteroatoms. The fraction of sp³-hybridized carbons (Fsp3) is 0.316. The number of hydrogen-bond acceptors (Lipinski definition) is 6. The van der Waals surface area contributed by atoms with Crippen molar-refractivity contribution < 1.29 is 23.7 Å². The zero-order valence-corrected chi connectivity index (χ0v) is 15.4. The van der Waals surface area contributed by atoms with Crippen molar-refractivity contribution in [2.24, 2.45) is 5.84 Å². The number of ether oxygens (including phenoxy) is 4. The van der Waals surface area contributed by atoms with Gasteiger partial charge in [-0.25, -0.2) is 5.84 Å². The molecule has 2 rings (SSSR count). The molecule has 2 aromatic rings. The maximum absolute atomic E-state index is 12.4. The number of carbonyl (C=O) groups is 1. The molecule has 0 aliphatic rings. The van der Waals surface area contributed by atoms with Gasteiger partial charge in [-0.3, -0.25) is 10.2 Å². The van der Waals surface area contributed by atoms with E-state index in [2.05, 4.69) is 5.43 Å². The molecule has 1 unspecified atom stereocenters. The molecule has 0 radical (unpaired) electrons. The van der Waals surface area contributed by atoms with Gasteiger partial charge < -0.3 is 18.9 Å². The van der Waals surface area contributed by atoms with E-state index < -0.39 is 5.92 Å². The van der Waals surface area contributed by atoms with Crippen LogP contribution in [0.5, 0.6) is 23.0 Å². The molecule has 2 aromatic carbocycles. The third-order valence-corrected chi connectivity index (χ3v) is 4.16. The minimum Gasteiger partial charge on any atom is -0.493 e. The van der Waals surface area contributed by atoms with E-state index in [4.69, 9.17) is 24.8 Å². The Morgan fingerprint density at radius 3 is 1.96 bits per heavy atom. The summed E-state index contributed by atoms with van der Waals surface area (Å²) in [6.07, 6.45) is 0.429. The normalized spacial score (nSPS) is 11.4. The van der Waals surface area contributed by atoms with Crippen molar-refractivity contribution in [2.45, 2.75) is 12.3 Å². The van der Waals surface area contributed by atoms with Crippen molar-refractivity contribution in [2.75, 3.05) is 28.4 Å². The summed E-state index contributed by atoms with van der Waals surface area (Å²) < 4.78 is 21.2. The molecule has 7 nitrogen and oxygen atoms in total. The third kappa shape index (κ3) is 4.18. The highest BCUT2D eigenvalue weighted by Crippen LogP contribution is 2.34. The number of benzene rings is 2. The van der Waals surface area contributed by atoms with Crippen LogP contribution >= 0.6 is 0 Å². The van der Waals surface area contributed by atoms with Gasteiger partial charge in [0.2, 0.25) is 5.91 Å². The fourth-order valence-corrected chi connectivity index (χ4v) is 2.78. The van der Waals surface area contributed by atoms with Gasteiger partial charge in [-0.1, -0.05) is 12.1 Å². The topological polar surface area (TPSA) is 92.0 Å². The first-order valence-corrected chi connectivity index (χ1v) is 8.01. The fourth-order valence-electron chi connectivity index (χ4n) is 2.78. The highest BCUT2D eigenvalue weighted by molar-refractivity contribution is 5.83. The summed E-state index contributed by atoms with van der Waals surface area (Å²) in [5, 5.41) is 0. The van der Waals surface area contributed by atoms with Crippen LogP contribution in [-0.4, -0.2) is 34.3 Å². The van der Waals surface area contributed by atoms with Crippen molar-refractivity contribution >= 4 is 5.91 Å². The van der Waals surface area contributed by atoms with Crippen molar-refractivity contribution in [3.63, 3.8) is 0 Å². The molecule has 140 valence electrons. The van der Waals surface area contributed by atoms with Crippen LogP contribution in [0.1, 0.15) is 17.0 Å². The Hall–Kier alpha value is -2.93. The van der Waals surface area contributed by atoms with Crippen LogP contribution in [0.15, 0.2) is 36.4 Å². The predicted molar refractivity (Wildman–Crippen MR) is 97.9 cm³/mol. The lowest BCUT2D eigenvalue weighted by Crippen LogP contribution is -2.35. The zero-order chi connectivity index (χ0) is 19.1. The molecule has 0 bridgehead atoms. The summed E-state index contributed by atoms with van der Waals surface area (Å²) in [5.74, 6) is 6.96. The number of hydrogen-bond donors (Lipinski definition) is 2. The second kappa shape index (κ2) is 8.96. The molecule has 1 atom stereocenters. The molecule has 0 aliphatic carbocycles. The van der Waals surface area contributed by atoms with Crippen LogP contribution in [0.2, 0.25) is 0 Å². The lowest BCUT2D eigenvalue weighted by atomic mass is 9.91. The Morgan fingerprint density at radius 2 is 1.42 bits per heavy atom. The molecule has 0 aliphatic heterocycles. The molecule has 0 saturated heterocycles. The summed E-state index contributed by atoms with van der Waals surface area (Å²) >= 11 is 0. The van der Waals surface area contributed by atoms with Crippen LogP contribution in [0, 0.1) is 0 Å². The third-order valence-electron chi connectivity index (χ3n) is 4.16. The lowest BCUT2D eigenvalue weighted by Gasteiger charge is -2.18. The average Bonchev–Trinajstić information content (AvgIpc) is 2.70. The second-order valence-corrected chi connectivity index (χ2v) is 5.57. The van der Waals surface area contributed by atoms with Gasteiger partial charge >= 0.3 is 0 Å². The van der Waals surface area contributed by atoms with E-state index in [0.29, 0.717) is 29.4 Å². The lowest BCUT2D eigenvalue weighted by molar-refractivity contribution is -0.122. The molecule has 0 aromatic heterocycles. The maximum Gasteiger partial charge on any atom is 0.241 e. The predicted octanol–water partition coefficient (Wildman–Crippen LogP) is 2.04. The summed E-state index contributed by atoms with van der Waals surface area (Å²) in [6.45, 7) is 0. The minimum absolute atomic E-state index is 0.299. The number of carbonyl (C=O) groups excluding carboxylic acids is 1. The first kappa shape index (κ1) is 19.4. The SMILES string of the molecule is COc1ccc(CC(C(=O)NN)c2ccc(OC)c(OC)c2)cc1OC. The van der Waals surface area contributed by atoms with Gasteiger partial charge in [-0.05, 0) is 41.8 Å². The highest BCUT2D eigenvalue weighted by atomic mass is 16.5. The summed E-state index contributed by atoms with van der Waals surface area (Å²) in [7, 11) is 6.26. The standard InChI is InChI=1S/C19H24N2O5/c1-23-15-7-5-12(10-17(15)25-3)9-14(19(22)21-20)13-6-8-16(24-2)18(11-13)26-4/h5-8,10-11,14H,9,20H2,1-4H3,(H,21,22). The first-order valence-electron chi connectivity index (χ1n) is 8.01. The smallest absolute Gasteiger partial charge is 0.241 e. The molecule has 0 spiro atoms. The average molecular weight is 360 g/mol. The molecule has 3 N–H and O–H groups in total. The molecule has 26 heavy (non-hydrogen) atoms. The monoisotopic (exact) mass is 360 g/mol. The van der Waals surface area contributed by atoms with Gasteiger partial charge in [0.15, 0.2) is 23.0 Å². The molecule has 0 saturated carbocycles. The van der Waals surface area contributed by atoms with Crippen LogP contribution < -0.4 is 30.2 Å². The Bertz CT molecular complexity index is 764. The molecule has 0 heterocycles. The highest BCUT2D eigenvalue weighted by Gasteiger charge is 2.22. The van der Waals surface area contributed by atoms with Crippen LogP contribution in [0.3, 0.4) is 0 Å². The number of hydrazine groups is 1. The van der Waals surface area contributed by atoms with E-state index in [1.807, 2.05) is 18.2 Å². The quantitative estimate of drug-likeness (QED) is 0.425. The summed E-state index contributed by atoms with van der Waals surface area (Å²) in [4.78, 5) is 12.4. The van der Waals surface area contributed by atoms with E-state index >= 15 is 0 Å². The Balaban J connectivity index is 2.38. The number of nitrogens with two attached hydrogens (primary N) is 1. The summed E-state index contributed by atoms with van der Waals surface area (Å²) in [6, 6.07) is 10.9. The minimum atomic E-state index is -0.502. The van der Waals surface area contributed by atoms with Crippen LogP contribution in [0.25, 0.3) is 0 Å². The van der Waals surface area contributed by atoms with Crippen molar-refractivity contribution in [3.05, 3.63) is 47.5 Å². The van der Waals surface area contributed by atoms with Gasteiger partial charge in [-0.2, -0.15) is 0 Å². The van der Waals surface area contributed by atoms with Crippen molar-refractivity contribution in [1.82, 2.24) is 5.43 Å². The number of amides is 1. The van der Waals surface area contributed by atoms with Gasteiger partial charge in [-0.15, -0.1) is 0 Å². The van der Waals surface area contributed by atoms with Gasteiger partial charge in [0.25, 0.3) is 0 Å². The van der Waals surface area contributed by atoms with E-state index in [-0.39, 0.29) is 5.91 Å². The van der Waals surface area contributed by atoms with Gasteiger partial charge in [0.05, 0.1) is 34.4 Å². The number of methoxy groups -OCH3 is 4. The Labute approximate surface area is 153 Å². The van der Waals surface area contributed by atoms with Crippen molar-refractivity contribution in [1.29, 1.82) is 0 Å². The van der Waals surface area contributed by atoms with E-state index in [9.17, 15) is 4.79 Å². The second-order valence-electron chi connectivity index (χ2n) is 5.57. The molecular formula is C19H24N2O5. The molecular weight excluding hydrogens is 336 g/mol. The van der Waals surface area contributed by atoms with Crippen LogP contribution in [0.4, 0.5) is 0 Å². The zero-order valence-electron chi connectivity index (χ0n) is 15.4. The number of nitrogens with one attached hydrogen (secondary N) is 1. The molecule has 0 fully saturated rings. The van der Waals surface area contributed by atoms with Gasteiger partial charge in [0.1, 0.15) is 0 Å². The van der Waals surface area contributed by atoms with E-state index in [0.717, 1.165) is 11.1 Å². The summed E-state index contributed by atoms with van der Waals surface area (Å²) in [5.41, 5.74) is 3.91. The Morgan fingerprint density at radius 1 is 0.885 bits per heavy atom. The molecule has 1 amide bonds. The van der Waals surface area contributed by atoms with E-state index in [1.165, 1.54) is 0 Å². The van der Waals surface area contributed by atoms with Crippen LogP contribution in [-0.2, 0) is 11.2 Å².